The Hall–Kier alpha value is -2.29. The van der Waals surface area contributed by atoms with Crippen LogP contribution in [0.1, 0.15) is 6.92 Å². The van der Waals surface area contributed by atoms with E-state index in [0.717, 1.165) is 22.1 Å². The summed E-state index contributed by atoms with van der Waals surface area (Å²) in [6.07, 6.45) is -3.87. The van der Waals surface area contributed by atoms with Crippen molar-refractivity contribution in [2.24, 2.45) is 0 Å². The third-order valence-corrected chi connectivity index (χ3v) is 4.90. The summed E-state index contributed by atoms with van der Waals surface area (Å²) < 4.78 is 49.4. The first-order valence-electron chi connectivity index (χ1n) is 8.19. The average Bonchev–Trinajstić information content (AvgIpc) is 3.03. The predicted molar refractivity (Wildman–Crippen MR) is 94.2 cm³/mol. The van der Waals surface area contributed by atoms with Gasteiger partial charge in [-0.05, 0) is 30.6 Å². The topological polar surface area (TPSA) is 45.7 Å². The molecule has 1 fully saturated rings. The van der Waals surface area contributed by atoms with Crippen LogP contribution in [0.4, 0.5) is 19.0 Å². The molecule has 9 heteroatoms. The maximum Gasteiger partial charge on any atom is 0.424 e. The van der Waals surface area contributed by atoms with Gasteiger partial charge in [0.2, 0.25) is 0 Å². The molecule has 1 aliphatic rings. The molecule has 0 atom stereocenters. The Bertz CT molecular complexity index is 811. The first-order chi connectivity index (χ1) is 12.4. The van der Waals surface area contributed by atoms with Gasteiger partial charge in [-0.2, -0.15) is 17.5 Å². The first kappa shape index (κ1) is 18.5. The summed E-state index contributed by atoms with van der Waals surface area (Å²) in [5, 5.41) is 1.05. The van der Waals surface area contributed by atoms with Crippen LogP contribution in [-0.4, -0.2) is 54.2 Å². The lowest BCUT2D eigenvalue weighted by atomic mass is 10.2. The molecule has 2 heterocycles. The van der Waals surface area contributed by atoms with Crippen molar-refractivity contribution in [1.29, 1.82) is 0 Å². The highest BCUT2D eigenvalue weighted by atomic mass is 32.1. The molecule has 1 aromatic carbocycles. The van der Waals surface area contributed by atoms with Crippen molar-refractivity contribution in [2.75, 3.05) is 37.7 Å². The van der Waals surface area contributed by atoms with Crippen molar-refractivity contribution >= 4 is 33.4 Å². The van der Waals surface area contributed by atoms with E-state index in [4.69, 9.17) is 0 Å². The van der Waals surface area contributed by atoms with Gasteiger partial charge in [-0.25, -0.2) is 4.79 Å². The first-order valence-corrected chi connectivity index (χ1v) is 8.97. The van der Waals surface area contributed by atoms with E-state index in [1.807, 2.05) is 24.3 Å². The molecular weight excluding hydrogens is 367 g/mol. The number of fused-ring (bicyclic) bond motifs is 1. The summed E-state index contributed by atoms with van der Waals surface area (Å²) in [4.78, 5) is 15.2. The normalized spacial score (nSPS) is 16.2. The van der Waals surface area contributed by atoms with Crippen molar-refractivity contribution in [2.45, 2.75) is 13.1 Å². The van der Waals surface area contributed by atoms with Gasteiger partial charge >= 0.3 is 12.1 Å². The summed E-state index contributed by atoms with van der Waals surface area (Å²) in [7, 11) is 0. The summed E-state index contributed by atoms with van der Waals surface area (Å²) >= 11 is 1.40. The van der Waals surface area contributed by atoms with Crippen LogP contribution in [0.3, 0.4) is 0 Å². The number of hydrogen-bond acceptors (Lipinski definition) is 6. The minimum atomic E-state index is -4.74. The number of aromatic nitrogens is 1. The fraction of sp³-hybridized carbons (Fsp3) is 0.412. The minimum absolute atomic E-state index is 0.100. The third-order valence-electron chi connectivity index (χ3n) is 4.08. The van der Waals surface area contributed by atoms with Crippen LogP contribution in [0.5, 0.6) is 0 Å². The number of benzene rings is 1. The zero-order valence-electron chi connectivity index (χ0n) is 14.1. The van der Waals surface area contributed by atoms with Crippen molar-refractivity contribution in [3.05, 3.63) is 36.0 Å². The van der Waals surface area contributed by atoms with Crippen LogP contribution < -0.4 is 4.90 Å². The van der Waals surface area contributed by atoms with Crippen molar-refractivity contribution in [3.8, 4) is 0 Å². The number of piperazine rings is 1. The summed E-state index contributed by atoms with van der Waals surface area (Å²) in [5.41, 5.74) is -1.27. The number of halogens is 3. The highest BCUT2D eigenvalue weighted by Gasteiger charge is 2.40. The van der Waals surface area contributed by atoms with E-state index in [2.05, 4.69) is 14.0 Å². The minimum Gasteiger partial charge on any atom is -0.462 e. The Balaban J connectivity index is 1.72. The van der Waals surface area contributed by atoms with Gasteiger partial charge < -0.3 is 14.5 Å². The zero-order chi connectivity index (χ0) is 18.7. The van der Waals surface area contributed by atoms with Gasteiger partial charge in [0.05, 0.1) is 11.3 Å². The number of esters is 1. The van der Waals surface area contributed by atoms with Crippen LogP contribution in [0.15, 0.2) is 36.0 Å². The summed E-state index contributed by atoms with van der Waals surface area (Å²) in [6, 6.07) is 7.86. The van der Waals surface area contributed by atoms with Crippen LogP contribution >= 0.6 is 11.5 Å². The Morgan fingerprint density at radius 1 is 1.27 bits per heavy atom. The molecule has 0 bridgehead atoms. The maximum absolute atomic E-state index is 13.1. The Morgan fingerprint density at radius 2 is 1.96 bits per heavy atom. The van der Waals surface area contributed by atoms with Crippen LogP contribution in [0.25, 0.3) is 10.1 Å². The molecule has 3 rings (SSSR count). The SMILES string of the molecule is CCOC(=O)/C(=C\N1CCN(c2nsc3ccccc23)CC1)C(F)(F)F. The molecule has 2 aromatic rings. The van der Waals surface area contributed by atoms with E-state index in [1.165, 1.54) is 23.4 Å². The average molecular weight is 385 g/mol. The van der Waals surface area contributed by atoms with E-state index in [0.29, 0.717) is 26.2 Å². The Labute approximate surface area is 152 Å². The molecule has 0 radical (unpaired) electrons. The Morgan fingerprint density at radius 3 is 2.62 bits per heavy atom. The van der Waals surface area contributed by atoms with Gasteiger partial charge in [-0.1, -0.05) is 12.1 Å². The quantitative estimate of drug-likeness (QED) is 0.596. The van der Waals surface area contributed by atoms with Gasteiger partial charge in [-0.15, -0.1) is 0 Å². The fourth-order valence-corrected chi connectivity index (χ4v) is 3.59. The number of ether oxygens (including phenoxy) is 1. The number of rotatable bonds is 4. The smallest absolute Gasteiger partial charge is 0.424 e. The second-order valence-corrected chi connectivity index (χ2v) is 6.59. The number of anilines is 1. The van der Waals surface area contributed by atoms with Gasteiger partial charge in [0.1, 0.15) is 5.82 Å². The summed E-state index contributed by atoms with van der Waals surface area (Å²) in [5.74, 6) is -0.483. The van der Waals surface area contributed by atoms with E-state index < -0.39 is 17.7 Å². The van der Waals surface area contributed by atoms with Crippen molar-refractivity contribution < 1.29 is 22.7 Å². The lowest BCUT2D eigenvalue weighted by Gasteiger charge is -2.34. The molecule has 0 saturated carbocycles. The molecule has 0 spiro atoms. The molecule has 0 aliphatic carbocycles. The van der Waals surface area contributed by atoms with E-state index in [-0.39, 0.29) is 6.61 Å². The second-order valence-electron chi connectivity index (χ2n) is 5.79. The van der Waals surface area contributed by atoms with Gasteiger partial charge in [0.15, 0.2) is 5.57 Å². The maximum atomic E-state index is 13.1. The van der Waals surface area contributed by atoms with Gasteiger partial charge in [-0.3, -0.25) is 0 Å². The fourth-order valence-electron chi connectivity index (χ4n) is 2.80. The van der Waals surface area contributed by atoms with Crippen LogP contribution in [0, 0.1) is 0 Å². The summed E-state index contributed by atoms with van der Waals surface area (Å²) in [6.45, 7) is 3.16. The van der Waals surface area contributed by atoms with E-state index in [1.54, 1.807) is 0 Å². The number of hydrogen-bond donors (Lipinski definition) is 0. The molecule has 0 N–H and O–H groups in total. The van der Waals surface area contributed by atoms with E-state index >= 15 is 0 Å². The van der Waals surface area contributed by atoms with Crippen LogP contribution in [-0.2, 0) is 9.53 Å². The second kappa shape index (κ2) is 7.53. The van der Waals surface area contributed by atoms with Crippen LogP contribution in [0.2, 0.25) is 0 Å². The molecule has 5 nitrogen and oxygen atoms in total. The Kier molecular flexibility index (Phi) is 5.36. The van der Waals surface area contributed by atoms with Crippen molar-refractivity contribution in [3.63, 3.8) is 0 Å². The predicted octanol–water partition coefficient (Wildman–Crippen LogP) is 3.43. The highest BCUT2D eigenvalue weighted by Crippen LogP contribution is 2.31. The molecule has 26 heavy (non-hydrogen) atoms. The standard InChI is InChI=1S/C17H18F3N3O2S/c1-2-25-16(24)13(17(18,19)20)11-22-7-9-23(10-8-22)15-12-5-3-4-6-14(12)26-21-15/h3-6,11H,2,7-10H2,1H3/b13-11+. The molecule has 1 aromatic heterocycles. The largest absolute Gasteiger partial charge is 0.462 e. The lowest BCUT2D eigenvalue weighted by Crippen LogP contribution is -2.45. The molecular formula is C17H18F3N3O2S. The zero-order valence-corrected chi connectivity index (χ0v) is 14.9. The monoisotopic (exact) mass is 385 g/mol. The number of nitrogens with zero attached hydrogens (tertiary/aromatic N) is 3. The molecule has 0 unspecified atom stereocenters. The molecule has 1 aliphatic heterocycles. The van der Waals surface area contributed by atoms with Gasteiger partial charge in [0.25, 0.3) is 0 Å². The molecule has 0 amide bonds. The number of alkyl halides is 3. The van der Waals surface area contributed by atoms with Crippen molar-refractivity contribution in [1.82, 2.24) is 9.27 Å². The van der Waals surface area contributed by atoms with Gasteiger partial charge in [0, 0.05) is 37.8 Å². The highest BCUT2D eigenvalue weighted by molar-refractivity contribution is 7.13. The van der Waals surface area contributed by atoms with E-state index in [9.17, 15) is 18.0 Å². The third kappa shape index (κ3) is 3.92. The molecule has 140 valence electrons. The number of carbonyl (C=O) groups excluding carboxylic acids is 1. The number of carbonyl (C=O) groups is 1. The molecule has 1 saturated heterocycles. The lowest BCUT2D eigenvalue weighted by molar-refractivity contribution is -0.150.